The number of epoxide rings is 1. The van der Waals surface area contributed by atoms with Gasteiger partial charge >= 0.3 is 12.3 Å². The molecule has 0 aliphatic carbocycles. The molecule has 0 spiro atoms. The number of hydrogen-bond donors (Lipinski definition) is 0. The second kappa shape index (κ2) is 11.7. The van der Waals surface area contributed by atoms with Gasteiger partial charge in [0.1, 0.15) is 23.4 Å². The molecular formula is C23H25F3O6. The van der Waals surface area contributed by atoms with Gasteiger partial charge in [0.2, 0.25) is 0 Å². The number of hydrogen-bond acceptors (Lipinski definition) is 6. The molecule has 1 heterocycles. The maximum atomic E-state index is 12.2. The van der Waals surface area contributed by atoms with E-state index in [-0.39, 0.29) is 5.75 Å². The van der Waals surface area contributed by atoms with E-state index in [1.807, 2.05) is 0 Å². The van der Waals surface area contributed by atoms with E-state index in [2.05, 4.69) is 4.74 Å². The van der Waals surface area contributed by atoms with Crippen LogP contribution >= 0.6 is 0 Å². The van der Waals surface area contributed by atoms with Crippen molar-refractivity contribution in [3.05, 3.63) is 54.1 Å². The number of alkyl halides is 3. The zero-order valence-electron chi connectivity index (χ0n) is 17.4. The van der Waals surface area contributed by atoms with Gasteiger partial charge in [0.25, 0.3) is 0 Å². The summed E-state index contributed by atoms with van der Waals surface area (Å²) >= 11 is 0. The van der Waals surface area contributed by atoms with Gasteiger partial charge in [0.05, 0.1) is 25.4 Å². The Morgan fingerprint density at radius 2 is 1.47 bits per heavy atom. The van der Waals surface area contributed by atoms with Crippen LogP contribution in [0.4, 0.5) is 13.2 Å². The maximum absolute atomic E-state index is 12.2. The molecule has 3 rings (SSSR count). The lowest BCUT2D eigenvalue weighted by Crippen LogP contribution is -2.17. The van der Waals surface area contributed by atoms with Crippen LogP contribution in [-0.4, -0.2) is 44.9 Å². The highest BCUT2D eigenvalue weighted by atomic mass is 19.4. The Bertz CT molecular complexity index is 832. The number of esters is 1. The number of unbranched alkanes of at least 4 members (excludes halogenated alkanes) is 3. The van der Waals surface area contributed by atoms with Gasteiger partial charge in [0, 0.05) is 6.61 Å². The summed E-state index contributed by atoms with van der Waals surface area (Å²) in [6, 6.07) is 11.1. The van der Waals surface area contributed by atoms with Crippen molar-refractivity contribution in [2.45, 2.75) is 38.1 Å². The Labute approximate surface area is 184 Å². The fourth-order valence-electron chi connectivity index (χ4n) is 2.79. The monoisotopic (exact) mass is 454 g/mol. The standard InChI is InChI=1S/C23H25F3O6/c24-23(25,26)32-20-11-9-19(10-12-20)31-22(27)17-5-7-18(8-6-17)29-14-4-2-1-3-13-28-15-21-16-30-21/h5-12,21H,1-4,13-16H2. The van der Waals surface area contributed by atoms with E-state index in [0.717, 1.165) is 51.0 Å². The van der Waals surface area contributed by atoms with E-state index in [9.17, 15) is 18.0 Å². The predicted molar refractivity (Wildman–Crippen MR) is 109 cm³/mol. The molecule has 0 bridgehead atoms. The summed E-state index contributed by atoms with van der Waals surface area (Å²) in [7, 11) is 0. The third kappa shape index (κ3) is 9.15. The van der Waals surface area contributed by atoms with Gasteiger partial charge in [-0.1, -0.05) is 6.42 Å². The lowest BCUT2D eigenvalue weighted by molar-refractivity contribution is -0.274. The molecule has 32 heavy (non-hydrogen) atoms. The quantitative estimate of drug-likeness (QED) is 0.180. The number of benzene rings is 2. The van der Waals surface area contributed by atoms with Gasteiger partial charge in [-0.05, 0) is 67.8 Å². The molecule has 1 aliphatic heterocycles. The average molecular weight is 454 g/mol. The minimum atomic E-state index is -4.78. The Morgan fingerprint density at radius 3 is 2.09 bits per heavy atom. The normalized spacial score (nSPS) is 15.3. The van der Waals surface area contributed by atoms with Crippen LogP contribution in [0, 0.1) is 0 Å². The van der Waals surface area contributed by atoms with Gasteiger partial charge in [-0.25, -0.2) is 4.79 Å². The molecule has 2 aromatic rings. The molecule has 1 fully saturated rings. The third-order valence-electron chi connectivity index (χ3n) is 4.52. The number of rotatable bonds is 13. The second-order valence-electron chi connectivity index (χ2n) is 7.23. The van der Waals surface area contributed by atoms with Gasteiger partial charge in [0.15, 0.2) is 0 Å². The third-order valence-corrected chi connectivity index (χ3v) is 4.52. The van der Waals surface area contributed by atoms with Crippen LogP contribution < -0.4 is 14.2 Å². The van der Waals surface area contributed by atoms with E-state index in [1.165, 1.54) is 12.1 Å². The molecule has 0 radical (unpaired) electrons. The molecule has 1 aliphatic rings. The summed E-state index contributed by atoms with van der Waals surface area (Å²) in [4.78, 5) is 12.2. The lowest BCUT2D eigenvalue weighted by Gasteiger charge is -2.10. The molecule has 1 unspecified atom stereocenters. The van der Waals surface area contributed by atoms with E-state index in [4.69, 9.17) is 18.9 Å². The van der Waals surface area contributed by atoms with Crippen molar-refractivity contribution >= 4 is 5.97 Å². The first-order valence-corrected chi connectivity index (χ1v) is 10.4. The van der Waals surface area contributed by atoms with Crippen LogP contribution in [0.25, 0.3) is 0 Å². The fourth-order valence-corrected chi connectivity index (χ4v) is 2.79. The van der Waals surface area contributed by atoms with E-state index >= 15 is 0 Å². The minimum absolute atomic E-state index is 0.108. The fraction of sp³-hybridized carbons (Fsp3) is 0.435. The van der Waals surface area contributed by atoms with E-state index in [1.54, 1.807) is 24.3 Å². The van der Waals surface area contributed by atoms with Crippen molar-refractivity contribution in [3.63, 3.8) is 0 Å². The number of halogens is 3. The highest BCUT2D eigenvalue weighted by molar-refractivity contribution is 5.91. The van der Waals surface area contributed by atoms with Crippen molar-refractivity contribution < 1.29 is 41.7 Å². The van der Waals surface area contributed by atoms with Crippen molar-refractivity contribution in [2.24, 2.45) is 0 Å². The van der Waals surface area contributed by atoms with Crippen molar-refractivity contribution in [1.29, 1.82) is 0 Å². The number of ether oxygens (including phenoxy) is 5. The molecule has 1 saturated heterocycles. The summed E-state index contributed by atoms with van der Waals surface area (Å²) in [5.74, 6) is -0.272. The van der Waals surface area contributed by atoms with Crippen LogP contribution in [-0.2, 0) is 9.47 Å². The smallest absolute Gasteiger partial charge is 0.494 e. The van der Waals surface area contributed by atoms with Crippen molar-refractivity contribution in [3.8, 4) is 17.2 Å². The minimum Gasteiger partial charge on any atom is -0.494 e. The van der Waals surface area contributed by atoms with Gasteiger partial charge in [-0.15, -0.1) is 13.2 Å². The molecule has 9 heteroatoms. The first kappa shape index (κ1) is 23.9. The number of carbonyl (C=O) groups is 1. The zero-order chi connectivity index (χ0) is 22.8. The first-order chi connectivity index (χ1) is 15.4. The van der Waals surface area contributed by atoms with Crippen LogP contribution in [0.1, 0.15) is 36.0 Å². The topological polar surface area (TPSA) is 66.5 Å². The summed E-state index contributed by atoms with van der Waals surface area (Å²) < 4.78 is 61.7. The lowest BCUT2D eigenvalue weighted by atomic mass is 10.2. The molecule has 0 aromatic heterocycles. The van der Waals surface area contributed by atoms with Gasteiger partial charge in [-0.2, -0.15) is 0 Å². The Balaban J connectivity index is 1.31. The molecule has 0 saturated carbocycles. The summed E-state index contributed by atoms with van der Waals surface area (Å²) in [6.45, 7) is 2.84. The Morgan fingerprint density at radius 1 is 0.875 bits per heavy atom. The average Bonchev–Trinajstić information content (AvgIpc) is 3.58. The maximum Gasteiger partial charge on any atom is 0.573 e. The molecule has 6 nitrogen and oxygen atoms in total. The van der Waals surface area contributed by atoms with E-state index in [0.29, 0.717) is 30.6 Å². The second-order valence-corrected chi connectivity index (χ2v) is 7.23. The van der Waals surface area contributed by atoms with Crippen LogP contribution in [0.2, 0.25) is 0 Å². The Kier molecular flexibility index (Phi) is 8.75. The molecule has 1 atom stereocenters. The van der Waals surface area contributed by atoms with Crippen LogP contribution in [0.15, 0.2) is 48.5 Å². The highest BCUT2D eigenvalue weighted by Crippen LogP contribution is 2.25. The van der Waals surface area contributed by atoms with Gasteiger partial charge in [-0.3, -0.25) is 0 Å². The summed E-state index contributed by atoms with van der Waals surface area (Å²) in [6.07, 6.45) is -0.415. The Hall–Kier alpha value is -2.78. The van der Waals surface area contributed by atoms with Crippen LogP contribution in [0.5, 0.6) is 17.2 Å². The highest BCUT2D eigenvalue weighted by Gasteiger charge is 2.31. The largest absolute Gasteiger partial charge is 0.573 e. The molecule has 2 aromatic carbocycles. The predicted octanol–water partition coefficient (Wildman–Crippen LogP) is 5.16. The SMILES string of the molecule is O=C(Oc1ccc(OC(F)(F)F)cc1)c1ccc(OCCCCCCOCC2CO2)cc1. The van der Waals surface area contributed by atoms with E-state index < -0.39 is 18.1 Å². The van der Waals surface area contributed by atoms with Crippen LogP contribution in [0.3, 0.4) is 0 Å². The summed E-state index contributed by atoms with van der Waals surface area (Å²) in [5, 5.41) is 0. The molecule has 174 valence electrons. The number of carbonyl (C=O) groups excluding carboxylic acids is 1. The first-order valence-electron chi connectivity index (χ1n) is 10.4. The molecule has 0 N–H and O–H groups in total. The molecule has 0 amide bonds. The molecular weight excluding hydrogens is 429 g/mol. The zero-order valence-corrected chi connectivity index (χ0v) is 17.4. The summed E-state index contributed by atoms with van der Waals surface area (Å²) in [5.41, 5.74) is 0.296. The van der Waals surface area contributed by atoms with Crippen molar-refractivity contribution in [2.75, 3.05) is 26.4 Å². The van der Waals surface area contributed by atoms with Crippen molar-refractivity contribution in [1.82, 2.24) is 0 Å². The van der Waals surface area contributed by atoms with Gasteiger partial charge < -0.3 is 23.7 Å².